The first-order valence-electron chi connectivity index (χ1n) is 5.99. The minimum Gasteiger partial charge on any atom is -0.542 e. The van der Waals surface area contributed by atoms with Gasteiger partial charge in [0.25, 0.3) is 0 Å². The summed E-state index contributed by atoms with van der Waals surface area (Å²) >= 11 is 5.51. The molecule has 1 aromatic carbocycles. The second-order valence-corrected chi connectivity index (χ2v) is 7.47. The molecule has 9 heteroatoms. The molecule has 0 atom stereocenters. The van der Waals surface area contributed by atoms with Gasteiger partial charge in [0.2, 0.25) is 0 Å². The van der Waals surface area contributed by atoms with Crippen molar-refractivity contribution >= 4 is 44.5 Å². The number of alkyl halides is 3. The van der Waals surface area contributed by atoms with Crippen molar-refractivity contribution in [3.63, 3.8) is 0 Å². The van der Waals surface area contributed by atoms with Crippen molar-refractivity contribution in [1.29, 1.82) is 0 Å². The molecule has 1 rings (SSSR count). The van der Waals surface area contributed by atoms with Gasteiger partial charge in [0.1, 0.15) is 11.7 Å². The smallest absolute Gasteiger partial charge is 0.430 e. The van der Waals surface area contributed by atoms with Crippen LogP contribution in [0, 0.1) is 3.57 Å². The molecule has 0 spiro atoms. The van der Waals surface area contributed by atoms with Crippen molar-refractivity contribution in [2.75, 3.05) is 27.7 Å². The van der Waals surface area contributed by atoms with Gasteiger partial charge >= 0.3 is 6.18 Å². The number of phenolic OH excluding ortho intramolecular Hbond substituents is 1. The number of carbonyl (C=O) groups is 1. The topological polar surface area (TPSA) is 60.4 Å². The van der Waals surface area contributed by atoms with Gasteiger partial charge in [-0.05, 0) is 56.2 Å². The Balaban J connectivity index is 0.000000534. The molecule has 0 aliphatic rings. The number of aliphatic carboxylic acids is 1. The highest BCUT2D eigenvalue weighted by Gasteiger charge is 2.28. The van der Waals surface area contributed by atoms with Crippen LogP contribution in [0.3, 0.4) is 0 Å². The number of carboxylic acids is 1. The van der Waals surface area contributed by atoms with E-state index in [1.807, 2.05) is 12.1 Å². The number of likely N-dealkylation sites (N-methyl/N-ethyl adjacent to an activating group) is 1. The van der Waals surface area contributed by atoms with Gasteiger partial charge in [0, 0.05) is 6.42 Å². The van der Waals surface area contributed by atoms with E-state index >= 15 is 0 Å². The number of benzene rings is 1. The summed E-state index contributed by atoms with van der Waals surface area (Å²) in [6, 6.07) is 4.03. The van der Waals surface area contributed by atoms with Crippen molar-refractivity contribution in [1.82, 2.24) is 0 Å². The van der Waals surface area contributed by atoms with Crippen LogP contribution in [0.2, 0.25) is 0 Å². The van der Waals surface area contributed by atoms with Crippen molar-refractivity contribution in [2.45, 2.75) is 12.6 Å². The second-order valence-electron chi connectivity index (χ2n) is 5.46. The molecular formula is C13H16BrF3INO3. The SMILES string of the molecule is C[N+](C)(C)CCc1cc(Br)c(O)c(I)c1.O=C([O-])C(F)(F)F. The number of carbonyl (C=O) groups excluding carboxylic acids is 1. The van der Waals surface area contributed by atoms with Gasteiger partial charge in [-0.15, -0.1) is 0 Å². The van der Waals surface area contributed by atoms with Crippen molar-refractivity contribution in [2.24, 2.45) is 0 Å². The largest absolute Gasteiger partial charge is 0.542 e. The molecule has 1 N–H and O–H groups in total. The summed E-state index contributed by atoms with van der Waals surface area (Å²) in [6.07, 6.45) is -4.17. The molecule has 1 aromatic rings. The highest BCUT2D eigenvalue weighted by molar-refractivity contribution is 14.1. The van der Waals surface area contributed by atoms with Crippen LogP contribution in [-0.4, -0.2) is 49.4 Å². The number of rotatable bonds is 3. The molecule has 22 heavy (non-hydrogen) atoms. The zero-order valence-electron chi connectivity index (χ0n) is 12.2. The van der Waals surface area contributed by atoms with Crippen LogP contribution in [0.15, 0.2) is 16.6 Å². The fourth-order valence-corrected chi connectivity index (χ4v) is 2.80. The van der Waals surface area contributed by atoms with Crippen LogP contribution in [-0.2, 0) is 11.2 Å². The van der Waals surface area contributed by atoms with Crippen LogP contribution in [0.5, 0.6) is 5.75 Å². The lowest BCUT2D eigenvalue weighted by Gasteiger charge is -2.23. The van der Waals surface area contributed by atoms with E-state index < -0.39 is 12.1 Å². The fraction of sp³-hybridized carbons (Fsp3) is 0.462. The van der Waals surface area contributed by atoms with E-state index in [1.165, 1.54) is 5.56 Å². The Bertz CT molecular complexity index is 507. The monoisotopic (exact) mass is 497 g/mol. The molecule has 0 heterocycles. The van der Waals surface area contributed by atoms with Gasteiger partial charge < -0.3 is 19.5 Å². The predicted molar refractivity (Wildman–Crippen MR) is 86.2 cm³/mol. The lowest BCUT2D eigenvalue weighted by molar-refractivity contribution is -0.870. The summed E-state index contributed by atoms with van der Waals surface area (Å²) in [7, 11) is 6.54. The molecule has 0 aromatic heterocycles. The number of quaternary nitrogens is 1. The van der Waals surface area contributed by atoms with Gasteiger partial charge in [-0.25, -0.2) is 0 Å². The Hall–Kier alpha value is -0.550. The quantitative estimate of drug-likeness (QED) is 0.515. The van der Waals surface area contributed by atoms with Crippen molar-refractivity contribution < 1.29 is 32.7 Å². The molecule has 0 saturated carbocycles. The molecule has 4 nitrogen and oxygen atoms in total. The number of aromatic hydroxyl groups is 1. The second kappa shape index (κ2) is 8.34. The zero-order chi connectivity index (χ0) is 17.7. The van der Waals surface area contributed by atoms with E-state index in [9.17, 15) is 18.3 Å². The van der Waals surface area contributed by atoms with Gasteiger partial charge in [-0.3, -0.25) is 0 Å². The summed E-state index contributed by atoms with van der Waals surface area (Å²) in [5, 5.41) is 18.4. The number of phenols is 1. The molecule has 0 radical (unpaired) electrons. The molecule has 0 aliphatic heterocycles. The summed E-state index contributed by atoms with van der Waals surface area (Å²) in [5.74, 6) is -2.67. The Kier molecular flexibility index (Phi) is 8.14. The predicted octanol–water partition coefficient (Wildman–Crippen LogP) is 2.31. The van der Waals surface area contributed by atoms with E-state index in [4.69, 9.17) is 9.90 Å². The highest BCUT2D eigenvalue weighted by atomic mass is 127. The van der Waals surface area contributed by atoms with Crippen LogP contribution >= 0.6 is 38.5 Å². The summed E-state index contributed by atoms with van der Waals surface area (Å²) < 4.78 is 34.2. The Morgan fingerprint density at radius 1 is 1.36 bits per heavy atom. The first kappa shape index (κ1) is 21.4. The molecule has 0 amide bonds. The van der Waals surface area contributed by atoms with E-state index in [2.05, 4.69) is 59.7 Å². The Morgan fingerprint density at radius 2 is 1.82 bits per heavy atom. The number of nitrogens with zero attached hydrogens (tertiary/aromatic N) is 1. The number of hydrogen-bond acceptors (Lipinski definition) is 3. The highest BCUT2D eigenvalue weighted by Crippen LogP contribution is 2.30. The lowest BCUT2D eigenvalue weighted by atomic mass is 10.1. The molecule has 0 saturated heterocycles. The van der Waals surface area contributed by atoms with E-state index in [1.54, 1.807) is 0 Å². The third kappa shape index (κ3) is 8.79. The number of carboxylic acid groups (broad SMARTS) is 1. The Morgan fingerprint density at radius 3 is 2.14 bits per heavy atom. The van der Waals surface area contributed by atoms with Crippen molar-refractivity contribution in [3.05, 3.63) is 25.7 Å². The molecular weight excluding hydrogens is 482 g/mol. The molecule has 0 bridgehead atoms. The summed E-state index contributed by atoms with van der Waals surface area (Å²) in [4.78, 5) is 8.78. The zero-order valence-corrected chi connectivity index (χ0v) is 15.9. The molecule has 0 unspecified atom stereocenters. The van der Waals surface area contributed by atoms with Gasteiger partial charge in [0.05, 0.1) is 35.7 Å². The molecule has 0 aliphatic carbocycles. The van der Waals surface area contributed by atoms with Gasteiger partial charge in [-0.2, -0.15) is 13.2 Å². The maximum absolute atomic E-state index is 10.5. The van der Waals surface area contributed by atoms with Crippen LogP contribution in [0.4, 0.5) is 13.2 Å². The van der Waals surface area contributed by atoms with Crippen LogP contribution < -0.4 is 5.11 Å². The van der Waals surface area contributed by atoms with Crippen LogP contribution in [0.25, 0.3) is 0 Å². The summed E-state index contributed by atoms with van der Waals surface area (Å²) in [6.45, 7) is 1.09. The lowest BCUT2D eigenvalue weighted by Crippen LogP contribution is -2.37. The Labute approximate surface area is 148 Å². The first-order valence-corrected chi connectivity index (χ1v) is 7.86. The standard InChI is InChI=1S/C11H15BrINO.C2HF3O2/c1-14(2,3)5-4-8-6-9(12)11(15)10(13)7-8;3-2(4,5)1(6)7/h6-7H,4-5H2,1-3H3;(H,6,7). The van der Waals surface area contributed by atoms with Gasteiger partial charge in [0.15, 0.2) is 0 Å². The normalized spacial score (nSPS) is 11.6. The summed E-state index contributed by atoms with van der Waals surface area (Å²) in [5.41, 5.74) is 1.26. The maximum atomic E-state index is 10.5. The minimum atomic E-state index is -5.19. The van der Waals surface area contributed by atoms with Gasteiger partial charge in [-0.1, -0.05) is 0 Å². The molecule has 0 fully saturated rings. The number of hydrogen-bond donors (Lipinski definition) is 1. The minimum absolute atomic E-state index is 0.338. The third-order valence-electron chi connectivity index (χ3n) is 2.38. The third-order valence-corrected chi connectivity index (χ3v) is 3.81. The first-order chi connectivity index (χ1) is 9.74. The van der Waals surface area contributed by atoms with Crippen molar-refractivity contribution in [3.8, 4) is 5.75 Å². The maximum Gasteiger partial charge on any atom is 0.430 e. The van der Waals surface area contributed by atoms with E-state index in [0.29, 0.717) is 5.75 Å². The van der Waals surface area contributed by atoms with E-state index in [0.717, 1.165) is 25.5 Å². The fourth-order valence-electron chi connectivity index (χ4n) is 1.23. The number of halogens is 5. The van der Waals surface area contributed by atoms with Crippen LogP contribution in [0.1, 0.15) is 5.56 Å². The van der Waals surface area contributed by atoms with E-state index in [-0.39, 0.29) is 0 Å². The average molecular weight is 498 g/mol. The average Bonchev–Trinajstić information content (AvgIpc) is 2.32. The molecule has 126 valence electrons.